The number of rotatable bonds is 4. The Hall–Kier alpha value is -3.09. The third kappa shape index (κ3) is 4.90. The third-order valence-electron chi connectivity index (χ3n) is 5.34. The van der Waals surface area contributed by atoms with Crippen molar-refractivity contribution in [2.75, 3.05) is 26.2 Å². The van der Waals surface area contributed by atoms with Gasteiger partial charge in [0.05, 0.1) is 6.26 Å². The van der Waals surface area contributed by atoms with Gasteiger partial charge in [-0.1, -0.05) is 32.9 Å². The zero-order valence-corrected chi connectivity index (χ0v) is 18.0. The summed E-state index contributed by atoms with van der Waals surface area (Å²) in [6.45, 7) is 9.74. The minimum Gasteiger partial charge on any atom is -0.459 e. The van der Waals surface area contributed by atoms with Crippen LogP contribution in [0.5, 0.6) is 0 Å². The van der Waals surface area contributed by atoms with Crippen molar-refractivity contribution in [3.05, 3.63) is 59.5 Å². The molecule has 0 spiro atoms. The van der Waals surface area contributed by atoms with Crippen LogP contribution in [0.25, 0.3) is 0 Å². The lowest BCUT2D eigenvalue weighted by Gasteiger charge is -2.35. The molecule has 1 aliphatic heterocycles. The SMILES string of the molecule is CC(NC(=O)c1ccc(C(C)(C)C)cc1)C(=O)N1CCN(C(=O)c2ccco2)CC1. The van der Waals surface area contributed by atoms with Gasteiger partial charge in [-0.05, 0) is 42.2 Å². The Morgan fingerprint density at radius 2 is 1.57 bits per heavy atom. The maximum absolute atomic E-state index is 12.7. The lowest BCUT2D eigenvalue weighted by atomic mass is 9.86. The largest absolute Gasteiger partial charge is 0.459 e. The average molecular weight is 412 g/mol. The van der Waals surface area contributed by atoms with Crippen molar-refractivity contribution in [1.29, 1.82) is 0 Å². The van der Waals surface area contributed by atoms with Gasteiger partial charge in [0.1, 0.15) is 6.04 Å². The summed E-state index contributed by atoms with van der Waals surface area (Å²) in [6, 6.07) is 10.1. The van der Waals surface area contributed by atoms with Crippen molar-refractivity contribution >= 4 is 17.7 Å². The van der Waals surface area contributed by atoms with E-state index in [9.17, 15) is 14.4 Å². The molecular weight excluding hydrogens is 382 g/mol. The fourth-order valence-electron chi connectivity index (χ4n) is 3.42. The second-order valence-corrected chi connectivity index (χ2v) is 8.62. The molecule has 160 valence electrons. The first-order valence-corrected chi connectivity index (χ1v) is 10.2. The number of nitrogens with one attached hydrogen (secondary N) is 1. The number of carbonyl (C=O) groups excluding carboxylic acids is 3. The fourth-order valence-corrected chi connectivity index (χ4v) is 3.42. The maximum Gasteiger partial charge on any atom is 0.289 e. The van der Waals surface area contributed by atoms with E-state index in [2.05, 4.69) is 26.1 Å². The Morgan fingerprint density at radius 3 is 2.10 bits per heavy atom. The van der Waals surface area contributed by atoms with Crippen molar-refractivity contribution in [3.8, 4) is 0 Å². The molecule has 0 aliphatic carbocycles. The average Bonchev–Trinajstić information content (AvgIpc) is 3.27. The summed E-state index contributed by atoms with van der Waals surface area (Å²) in [6.07, 6.45) is 1.47. The van der Waals surface area contributed by atoms with E-state index in [-0.39, 0.29) is 23.1 Å². The molecule has 1 aliphatic rings. The highest BCUT2D eigenvalue weighted by Gasteiger charge is 2.29. The number of hydrogen-bond donors (Lipinski definition) is 1. The number of hydrogen-bond acceptors (Lipinski definition) is 4. The molecule has 1 saturated heterocycles. The summed E-state index contributed by atoms with van der Waals surface area (Å²) in [5.74, 6) is -0.303. The molecule has 0 bridgehead atoms. The zero-order valence-electron chi connectivity index (χ0n) is 18.0. The van der Waals surface area contributed by atoms with Gasteiger partial charge < -0.3 is 19.5 Å². The van der Waals surface area contributed by atoms with Gasteiger partial charge in [-0.25, -0.2) is 0 Å². The van der Waals surface area contributed by atoms with Crippen LogP contribution < -0.4 is 5.32 Å². The van der Waals surface area contributed by atoms with Gasteiger partial charge in [-0.3, -0.25) is 14.4 Å². The predicted octanol–water partition coefficient (Wildman–Crippen LogP) is 2.68. The normalized spacial score (nSPS) is 15.6. The van der Waals surface area contributed by atoms with Gasteiger partial charge in [0.15, 0.2) is 5.76 Å². The predicted molar refractivity (Wildman–Crippen MR) is 113 cm³/mol. The molecule has 3 rings (SSSR count). The van der Waals surface area contributed by atoms with E-state index in [1.807, 2.05) is 12.1 Å². The van der Waals surface area contributed by atoms with Crippen LogP contribution in [-0.4, -0.2) is 59.7 Å². The quantitative estimate of drug-likeness (QED) is 0.839. The Balaban J connectivity index is 1.52. The number of carbonyl (C=O) groups is 3. The van der Waals surface area contributed by atoms with Gasteiger partial charge in [0.25, 0.3) is 11.8 Å². The lowest BCUT2D eigenvalue weighted by Crippen LogP contribution is -2.55. The van der Waals surface area contributed by atoms with Crippen LogP contribution >= 0.6 is 0 Å². The van der Waals surface area contributed by atoms with E-state index in [0.717, 1.165) is 5.56 Å². The van der Waals surface area contributed by atoms with E-state index >= 15 is 0 Å². The minimum atomic E-state index is -0.646. The molecule has 1 atom stereocenters. The fraction of sp³-hybridized carbons (Fsp3) is 0.435. The first-order valence-electron chi connectivity index (χ1n) is 10.2. The summed E-state index contributed by atoms with van der Waals surface area (Å²) in [5, 5.41) is 2.78. The number of amides is 3. The molecule has 2 heterocycles. The van der Waals surface area contributed by atoms with Crippen LogP contribution in [0.3, 0.4) is 0 Å². The molecule has 7 nitrogen and oxygen atoms in total. The van der Waals surface area contributed by atoms with E-state index in [1.54, 1.807) is 41.0 Å². The monoisotopic (exact) mass is 411 g/mol. The van der Waals surface area contributed by atoms with Crippen LogP contribution in [0.1, 0.15) is 54.2 Å². The van der Waals surface area contributed by atoms with Gasteiger partial charge in [-0.2, -0.15) is 0 Å². The first kappa shape index (κ1) is 21.6. The summed E-state index contributed by atoms with van der Waals surface area (Å²) in [5.41, 5.74) is 1.68. The van der Waals surface area contributed by atoms with Crippen LogP contribution in [0.2, 0.25) is 0 Å². The Bertz CT molecular complexity index is 890. The summed E-state index contributed by atoms with van der Waals surface area (Å²) in [7, 11) is 0. The number of benzene rings is 1. The smallest absolute Gasteiger partial charge is 0.289 e. The molecule has 1 fully saturated rings. The van der Waals surface area contributed by atoms with E-state index in [4.69, 9.17) is 4.42 Å². The standard InChI is InChI=1S/C23H29N3O4/c1-16(24-20(27)17-7-9-18(10-8-17)23(2,3)4)21(28)25-11-13-26(14-12-25)22(29)19-6-5-15-30-19/h5-10,15-16H,11-14H2,1-4H3,(H,24,27). The van der Waals surface area contributed by atoms with E-state index < -0.39 is 6.04 Å². The Morgan fingerprint density at radius 1 is 0.967 bits per heavy atom. The topological polar surface area (TPSA) is 82.9 Å². The summed E-state index contributed by atoms with van der Waals surface area (Å²) < 4.78 is 5.15. The van der Waals surface area contributed by atoms with Crippen LogP contribution in [0, 0.1) is 0 Å². The molecule has 30 heavy (non-hydrogen) atoms. The van der Waals surface area contributed by atoms with Gasteiger partial charge in [-0.15, -0.1) is 0 Å². The van der Waals surface area contributed by atoms with Crippen molar-refractivity contribution in [1.82, 2.24) is 15.1 Å². The van der Waals surface area contributed by atoms with Gasteiger partial charge in [0.2, 0.25) is 5.91 Å². The lowest BCUT2D eigenvalue weighted by molar-refractivity contribution is -0.134. The minimum absolute atomic E-state index is 0.0126. The number of piperazine rings is 1. The molecule has 0 saturated carbocycles. The molecule has 3 amide bonds. The third-order valence-corrected chi connectivity index (χ3v) is 5.34. The molecule has 1 N–H and O–H groups in total. The second kappa shape index (κ2) is 8.73. The second-order valence-electron chi connectivity index (χ2n) is 8.62. The zero-order chi connectivity index (χ0) is 21.9. The highest BCUT2D eigenvalue weighted by molar-refractivity contribution is 5.97. The van der Waals surface area contributed by atoms with Crippen molar-refractivity contribution in [3.63, 3.8) is 0 Å². The van der Waals surface area contributed by atoms with Gasteiger partial charge >= 0.3 is 0 Å². The van der Waals surface area contributed by atoms with Crippen LogP contribution in [0.15, 0.2) is 47.1 Å². The molecule has 1 aromatic heterocycles. The Kier molecular flexibility index (Phi) is 6.29. The van der Waals surface area contributed by atoms with Crippen molar-refractivity contribution in [2.45, 2.75) is 39.2 Å². The van der Waals surface area contributed by atoms with Crippen molar-refractivity contribution < 1.29 is 18.8 Å². The first-order chi connectivity index (χ1) is 14.2. The Labute approximate surface area is 177 Å². The number of nitrogens with zero attached hydrogens (tertiary/aromatic N) is 2. The molecule has 7 heteroatoms. The highest BCUT2D eigenvalue weighted by Crippen LogP contribution is 2.22. The molecule has 1 aromatic carbocycles. The van der Waals surface area contributed by atoms with Crippen LogP contribution in [-0.2, 0) is 10.2 Å². The summed E-state index contributed by atoms with van der Waals surface area (Å²) >= 11 is 0. The maximum atomic E-state index is 12.7. The number of furan rings is 1. The van der Waals surface area contributed by atoms with Crippen molar-refractivity contribution in [2.24, 2.45) is 0 Å². The molecule has 1 unspecified atom stereocenters. The van der Waals surface area contributed by atoms with Crippen LogP contribution in [0.4, 0.5) is 0 Å². The summed E-state index contributed by atoms with van der Waals surface area (Å²) in [4.78, 5) is 41.0. The van der Waals surface area contributed by atoms with Gasteiger partial charge in [0, 0.05) is 31.7 Å². The highest BCUT2D eigenvalue weighted by atomic mass is 16.3. The molecule has 2 aromatic rings. The molecular formula is C23H29N3O4. The van der Waals surface area contributed by atoms with E-state index in [0.29, 0.717) is 37.5 Å². The molecule has 0 radical (unpaired) electrons. The van der Waals surface area contributed by atoms with E-state index in [1.165, 1.54) is 6.26 Å².